The van der Waals surface area contributed by atoms with Gasteiger partial charge in [0, 0.05) is 24.3 Å². The zero-order chi connectivity index (χ0) is 18.9. The molecule has 0 amide bonds. The van der Waals surface area contributed by atoms with Gasteiger partial charge in [0.1, 0.15) is 11.4 Å². The minimum atomic E-state index is 0.535. The van der Waals surface area contributed by atoms with E-state index in [0.29, 0.717) is 24.6 Å². The molecule has 3 rings (SSSR count). The van der Waals surface area contributed by atoms with Crippen LogP contribution in [0.1, 0.15) is 25.1 Å². The average Bonchev–Trinajstić information content (AvgIpc) is 3.19. The molecule has 0 saturated heterocycles. The van der Waals surface area contributed by atoms with Crippen molar-refractivity contribution in [3.05, 3.63) is 73.0 Å². The second-order valence-corrected chi connectivity index (χ2v) is 5.50. The highest BCUT2D eigenvalue weighted by Gasteiger charge is 2.11. The largest absolute Gasteiger partial charge is 0.362 e. The van der Waals surface area contributed by atoms with Crippen molar-refractivity contribution in [2.45, 2.75) is 13.8 Å². The first-order valence-corrected chi connectivity index (χ1v) is 8.69. The lowest BCUT2D eigenvalue weighted by molar-refractivity contribution is 0.228. The molecule has 0 bridgehead atoms. The summed E-state index contributed by atoms with van der Waals surface area (Å²) in [6.45, 7) is 10.3. The summed E-state index contributed by atoms with van der Waals surface area (Å²) in [6, 6.07) is 16.1. The van der Waals surface area contributed by atoms with E-state index in [1.54, 1.807) is 0 Å². The number of H-pyrrole nitrogens is 1. The fourth-order valence-electron chi connectivity index (χ4n) is 2.42. The van der Waals surface area contributed by atoms with Crippen LogP contribution in [0.2, 0.25) is 0 Å². The number of aromatic nitrogens is 3. The molecule has 0 unspecified atom stereocenters. The van der Waals surface area contributed by atoms with Crippen molar-refractivity contribution in [1.82, 2.24) is 15.4 Å². The first kappa shape index (κ1) is 18.8. The maximum absolute atomic E-state index is 5.19. The molecule has 0 fully saturated rings. The van der Waals surface area contributed by atoms with Crippen molar-refractivity contribution in [3.8, 4) is 34.2 Å². The van der Waals surface area contributed by atoms with E-state index in [4.69, 9.17) is 9.47 Å². The van der Waals surface area contributed by atoms with Gasteiger partial charge >= 0.3 is 0 Å². The standard InChI is InChI=1S/C22H19N3O2/c1-3-26-15-5-6-17-7-9-18(10-8-17)19-11-13-20(14-12-19)22-21(16-27-4-2)23-25-24-22/h7-14H,3-4H2,1-2H3,(H,23,24,25). The minimum absolute atomic E-state index is 0.535. The zero-order valence-electron chi connectivity index (χ0n) is 15.2. The number of nitrogens with one attached hydrogen (secondary N) is 1. The van der Waals surface area contributed by atoms with Crippen LogP contribution in [0.3, 0.4) is 0 Å². The van der Waals surface area contributed by atoms with E-state index in [0.717, 1.165) is 22.3 Å². The van der Waals surface area contributed by atoms with Crippen molar-refractivity contribution >= 4 is 0 Å². The van der Waals surface area contributed by atoms with E-state index >= 15 is 0 Å². The number of aromatic amines is 1. The second kappa shape index (κ2) is 9.67. The Bertz CT molecular complexity index is 903. The molecule has 0 aliphatic rings. The Balaban J connectivity index is 1.72. The smallest absolute Gasteiger partial charge is 0.217 e. The summed E-state index contributed by atoms with van der Waals surface area (Å²) in [7, 11) is 0. The van der Waals surface area contributed by atoms with Crippen LogP contribution in [0.15, 0.2) is 48.5 Å². The molecule has 3 aromatic rings. The maximum Gasteiger partial charge on any atom is 0.217 e. The van der Waals surface area contributed by atoms with E-state index in [9.17, 15) is 0 Å². The monoisotopic (exact) mass is 357 g/mol. The van der Waals surface area contributed by atoms with Crippen LogP contribution in [-0.4, -0.2) is 28.6 Å². The van der Waals surface area contributed by atoms with Crippen LogP contribution in [0.4, 0.5) is 0 Å². The number of hydrogen-bond donors (Lipinski definition) is 1. The summed E-state index contributed by atoms with van der Waals surface area (Å²) in [6.07, 6.45) is 0. The molecule has 2 aromatic carbocycles. The number of nitrogens with zero attached hydrogens (tertiary/aromatic N) is 2. The Labute approximate surface area is 159 Å². The lowest BCUT2D eigenvalue weighted by Gasteiger charge is -2.04. The van der Waals surface area contributed by atoms with Crippen LogP contribution in [0, 0.1) is 25.1 Å². The van der Waals surface area contributed by atoms with Crippen molar-refractivity contribution in [3.63, 3.8) is 0 Å². The molecule has 0 atom stereocenters. The van der Waals surface area contributed by atoms with Gasteiger partial charge in [-0.3, -0.25) is 0 Å². The van der Waals surface area contributed by atoms with Gasteiger partial charge in [0.25, 0.3) is 0 Å². The van der Waals surface area contributed by atoms with E-state index < -0.39 is 0 Å². The van der Waals surface area contributed by atoms with Gasteiger partial charge in [-0.2, -0.15) is 15.4 Å². The van der Waals surface area contributed by atoms with Crippen molar-refractivity contribution in [2.24, 2.45) is 0 Å². The highest BCUT2D eigenvalue weighted by Crippen LogP contribution is 2.26. The Morgan fingerprint density at radius 2 is 1.44 bits per heavy atom. The van der Waals surface area contributed by atoms with Crippen LogP contribution in [-0.2, 0) is 9.47 Å². The van der Waals surface area contributed by atoms with Crippen molar-refractivity contribution in [2.75, 3.05) is 13.2 Å². The summed E-state index contributed by atoms with van der Waals surface area (Å²) >= 11 is 0. The van der Waals surface area contributed by atoms with Crippen LogP contribution >= 0.6 is 0 Å². The second-order valence-electron chi connectivity index (χ2n) is 5.50. The Kier molecular flexibility index (Phi) is 6.75. The van der Waals surface area contributed by atoms with Gasteiger partial charge in [-0.25, -0.2) is 0 Å². The minimum Gasteiger partial charge on any atom is -0.362 e. The summed E-state index contributed by atoms with van der Waals surface area (Å²) in [4.78, 5) is 0. The van der Waals surface area contributed by atoms with Crippen LogP contribution < -0.4 is 0 Å². The third kappa shape index (κ3) is 5.04. The molecule has 1 aromatic heterocycles. The Morgan fingerprint density at radius 3 is 2.11 bits per heavy atom. The van der Waals surface area contributed by atoms with Gasteiger partial charge in [-0.1, -0.05) is 48.2 Å². The molecule has 1 heterocycles. The van der Waals surface area contributed by atoms with E-state index in [-0.39, 0.29) is 0 Å². The molecule has 0 saturated carbocycles. The number of benzene rings is 2. The molecule has 5 nitrogen and oxygen atoms in total. The van der Waals surface area contributed by atoms with Gasteiger partial charge in [-0.15, -0.1) is 0 Å². The molecule has 0 aliphatic heterocycles. The zero-order valence-corrected chi connectivity index (χ0v) is 15.2. The van der Waals surface area contributed by atoms with Gasteiger partial charge < -0.3 is 9.47 Å². The summed E-state index contributed by atoms with van der Waals surface area (Å²) in [5.41, 5.74) is 5.35. The van der Waals surface area contributed by atoms with Crippen molar-refractivity contribution < 1.29 is 9.47 Å². The van der Waals surface area contributed by atoms with Gasteiger partial charge in [-0.05, 0) is 37.1 Å². The SMILES string of the molecule is CCO[C]C#Cc1ccc(-c2ccc(-c3n[nH]nc3[C]OCC)cc2)cc1. The molecular formula is C22H19N3O2. The van der Waals surface area contributed by atoms with Crippen LogP contribution in [0.25, 0.3) is 22.4 Å². The molecular weight excluding hydrogens is 338 g/mol. The highest BCUT2D eigenvalue weighted by atomic mass is 16.5. The quantitative estimate of drug-likeness (QED) is 0.513. The predicted molar refractivity (Wildman–Crippen MR) is 103 cm³/mol. The molecule has 27 heavy (non-hydrogen) atoms. The fourth-order valence-corrected chi connectivity index (χ4v) is 2.42. The van der Waals surface area contributed by atoms with Crippen LogP contribution in [0.5, 0.6) is 0 Å². The summed E-state index contributed by atoms with van der Waals surface area (Å²) < 4.78 is 10.2. The van der Waals surface area contributed by atoms with E-state index in [2.05, 4.69) is 40.5 Å². The molecule has 0 spiro atoms. The summed E-state index contributed by atoms with van der Waals surface area (Å²) in [5.74, 6) is 5.74. The molecule has 1 N–H and O–H groups in total. The molecule has 5 heteroatoms. The Hall–Kier alpha value is -2.94. The lowest BCUT2D eigenvalue weighted by atomic mass is 10.0. The van der Waals surface area contributed by atoms with Gasteiger partial charge in [0.2, 0.25) is 6.61 Å². The topological polar surface area (TPSA) is 60.0 Å². The third-order valence-corrected chi connectivity index (χ3v) is 3.71. The lowest BCUT2D eigenvalue weighted by Crippen LogP contribution is -1.92. The predicted octanol–water partition coefficient (Wildman–Crippen LogP) is 3.99. The fraction of sp³-hybridized carbons (Fsp3) is 0.182. The molecule has 0 aliphatic carbocycles. The first-order chi connectivity index (χ1) is 13.3. The van der Waals surface area contributed by atoms with Gasteiger partial charge in [0.15, 0.2) is 6.61 Å². The van der Waals surface area contributed by atoms with E-state index in [1.807, 2.05) is 62.4 Å². The van der Waals surface area contributed by atoms with Crippen molar-refractivity contribution in [1.29, 1.82) is 0 Å². The molecule has 134 valence electrons. The summed E-state index contributed by atoms with van der Waals surface area (Å²) in [5, 5.41) is 10.9. The first-order valence-electron chi connectivity index (χ1n) is 8.69. The number of ether oxygens (including phenoxy) is 2. The number of hydrogen-bond acceptors (Lipinski definition) is 4. The Morgan fingerprint density at radius 1 is 0.815 bits per heavy atom. The van der Waals surface area contributed by atoms with Gasteiger partial charge in [0.05, 0.1) is 0 Å². The molecule has 4 radical (unpaired) electrons. The van der Waals surface area contributed by atoms with E-state index in [1.165, 1.54) is 0 Å². The maximum atomic E-state index is 5.19. The number of rotatable bonds is 7. The highest BCUT2D eigenvalue weighted by molar-refractivity contribution is 5.70. The third-order valence-electron chi connectivity index (χ3n) is 3.71. The normalized spacial score (nSPS) is 10.4. The average molecular weight is 357 g/mol.